The van der Waals surface area contributed by atoms with Gasteiger partial charge in [-0.1, -0.05) is 88.9 Å². The van der Waals surface area contributed by atoms with Crippen molar-refractivity contribution in [3.05, 3.63) is 110 Å². The third-order valence-corrected chi connectivity index (χ3v) is 7.10. The maximum absolute atomic E-state index is 12.5. The number of hydrogen-bond acceptors (Lipinski definition) is 2. The first-order chi connectivity index (χ1) is 15.5. The number of benzene rings is 4. The molecule has 0 aliphatic carbocycles. The van der Waals surface area contributed by atoms with Gasteiger partial charge < -0.3 is 4.74 Å². The van der Waals surface area contributed by atoms with Gasteiger partial charge in [-0.05, 0) is 46.7 Å². The minimum Gasteiger partial charge on any atom is -0.466 e. The average Bonchev–Trinajstić information content (AvgIpc) is 2.81. The van der Waals surface area contributed by atoms with Gasteiger partial charge in [-0.25, -0.2) is 0 Å². The Bertz CT molecular complexity index is 1360. The summed E-state index contributed by atoms with van der Waals surface area (Å²) in [6.45, 7) is 0. The molecule has 32 heavy (non-hydrogen) atoms. The number of hydrogen-bond donors (Lipinski definition) is 0. The molecule has 0 aromatic heterocycles. The molecule has 1 aliphatic rings. The Labute approximate surface area is 205 Å². The molecule has 7 heteroatoms. The smallest absolute Gasteiger partial charge is 0.213 e. The van der Waals surface area contributed by atoms with E-state index in [-0.39, 0.29) is 0 Å². The molecule has 0 saturated heterocycles. The number of amides is 1. The minimum absolute atomic E-state index is 0.383. The van der Waals surface area contributed by atoms with Crippen LogP contribution in [0.3, 0.4) is 0 Å². The van der Waals surface area contributed by atoms with Gasteiger partial charge in [-0.15, -0.1) is 0 Å². The van der Waals surface area contributed by atoms with E-state index in [1.54, 1.807) is 35.2 Å². The summed E-state index contributed by atoms with van der Waals surface area (Å²) in [5.41, 5.74) is 2.40. The van der Waals surface area contributed by atoms with Crippen molar-refractivity contribution >= 4 is 63.6 Å². The summed E-state index contributed by atoms with van der Waals surface area (Å²) in [5.74, 6) is 0.675. The lowest BCUT2D eigenvalue weighted by Crippen LogP contribution is -2.39. The van der Waals surface area contributed by atoms with Crippen LogP contribution in [0.5, 0.6) is 5.75 Å². The molecular formula is C25H15Cl4NO2. The minimum atomic E-state index is -0.713. The van der Waals surface area contributed by atoms with Crippen molar-refractivity contribution in [3.8, 4) is 5.75 Å². The molecule has 4 aromatic carbocycles. The van der Waals surface area contributed by atoms with E-state index in [4.69, 9.17) is 51.1 Å². The Hall–Kier alpha value is -2.43. The van der Waals surface area contributed by atoms with E-state index in [1.807, 2.05) is 42.5 Å². The Balaban J connectivity index is 1.77. The van der Waals surface area contributed by atoms with Gasteiger partial charge in [-0.2, -0.15) is 0 Å². The summed E-state index contributed by atoms with van der Waals surface area (Å²) in [4.78, 5) is 14.1. The second kappa shape index (κ2) is 8.49. The van der Waals surface area contributed by atoms with Crippen molar-refractivity contribution in [1.29, 1.82) is 0 Å². The van der Waals surface area contributed by atoms with Crippen LogP contribution in [0.15, 0.2) is 72.8 Å². The lowest BCUT2D eigenvalue weighted by molar-refractivity contribution is -0.131. The molecule has 1 amide bonds. The summed E-state index contributed by atoms with van der Waals surface area (Å²) in [7, 11) is 0. The van der Waals surface area contributed by atoms with Crippen LogP contribution in [-0.2, 0) is 4.79 Å². The van der Waals surface area contributed by atoms with Crippen LogP contribution >= 0.6 is 46.4 Å². The van der Waals surface area contributed by atoms with Crippen molar-refractivity contribution in [2.24, 2.45) is 0 Å². The third-order valence-electron chi connectivity index (χ3n) is 5.62. The van der Waals surface area contributed by atoms with Crippen LogP contribution in [0.2, 0.25) is 20.1 Å². The summed E-state index contributed by atoms with van der Waals surface area (Å²) in [6.07, 6.45) is 0.0702. The zero-order valence-electron chi connectivity index (χ0n) is 16.4. The zero-order chi connectivity index (χ0) is 22.4. The number of carbonyl (C=O) groups is 1. The molecule has 0 spiro atoms. The first kappa shape index (κ1) is 21.4. The first-order valence-corrected chi connectivity index (χ1v) is 11.3. The highest BCUT2D eigenvalue weighted by atomic mass is 35.5. The quantitative estimate of drug-likeness (QED) is 0.265. The molecule has 0 radical (unpaired) electrons. The third kappa shape index (κ3) is 3.60. The van der Waals surface area contributed by atoms with Crippen LogP contribution in [0.25, 0.3) is 10.8 Å². The molecule has 160 valence electrons. The molecule has 2 atom stereocenters. The van der Waals surface area contributed by atoms with Crippen LogP contribution in [0.1, 0.15) is 29.0 Å². The molecule has 0 saturated carbocycles. The molecule has 1 aliphatic heterocycles. The highest BCUT2D eigenvalue weighted by Gasteiger charge is 2.38. The van der Waals surface area contributed by atoms with E-state index < -0.39 is 12.3 Å². The van der Waals surface area contributed by atoms with E-state index in [0.717, 1.165) is 28.3 Å². The Morgan fingerprint density at radius 2 is 1.41 bits per heavy atom. The van der Waals surface area contributed by atoms with E-state index in [0.29, 0.717) is 31.4 Å². The van der Waals surface area contributed by atoms with Gasteiger partial charge in [0.15, 0.2) is 0 Å². The molecule has 5 rings (SSSR count). The zero-order valence-corrected chi connectivity index (χ0v) is 19.5. The standard InChI is InChI=1S/C25H15Cl4NO2/c26-18-8-5-15(11-20(18)28)24-23-17-4-2-1-3-14(17)7-10-22(23)32-25(30(24)13-31)16-6-9-19(27)21(29)12-16/h1-13,24-25H/t24-,25+/m1/s1. The normalized spacial score (nSPS) is 17.7. The monoisotopic (exact) mass is 501 g/mol. The van der Waals surface area contributed by atoms with Crippen molar-refractivity contribution in [3.63, 3.8) is 0 Å². The van der Waals surface area contributed by atoms with E-state index in [9.17, 15) is 4.79 Å². The van der Waals surface area contributed by atoms with Gasteiger partial charge in [0.25, 0.3) is 0 Å². The number of rotatable bonds is 3. The lowest BCUT2D eigenvalue weighted by Gasteiger charge is -2.42. The summed E-state index contributed by atoms with van der Waals surface area (Å²) >= 11 is 24.9. The first-order valence-electron chi connectivity index (χ1n) is 9.79. The van der Waals surface area contributed by atoms with E-state index in [1.165, 1.54) is 0 Å². The number of carbonyl (C=O) groups excluding carboxylic acids is 1. The highest BCUT2D eigenvalue weighted by molar-refractivity contribution is 6.42. The second-order valence-corrected chi connectivity index (χ2v) is 9.10. The Morgan fingerprint density at radius 3 is 2.09 bits per heavy atom. The van der Waals surface area contributed by atoms with Crippen molar-refractivity contribution in [1.82, 2.24) is 4.90 Å². The largest absolute Gasteiger partial charge is 0.466 e. The molecular weight excluding hydrogens is 488 g/mol. The maximum Gasteiger partial charge on any atom is 0.213 e. The molecule has 0 unspecified atom stereocenters. The summed E-state index contributed by atoms with van der Waals surface area (Å²) < 4.78 is 6.36. The maximum atomic E-state index is 12.5. The van der Waals surface area contributed by atoms with Crippen molar-refractivity contribution in [2.45, 2.75) is 12.3 Å². The predicted octanol–water partition coefficient (Wildman–Crippen LogP) is 8.09. The second-order valence-electron chi connectivity index (χ2n) is 7.47. The Morgan fingerprint density at radius 1 is 0.750 bits per heavy atom. The fraction of sp³-hybridized carbons (Fsp3) is 0.0800. The Kier molecular flexibility index (Phi) is 5.68. The molecule has 0 N–H and O–H groups in total. The molecule has 0 bridgehead atoms. The lowest BCUT2D eigenvalue weighted by atomic mass is 9.90. The van der Waals surface area contributed by atoms with Gasteiger partial charge in [-0.3, -0.25) is 9.69 Å². The molecule has 0 fully saturated rings. The SMILES string of the molecule is O=CN1[C@H](c2ccc(Cl)c(Cl)c2)c2c(ccc3ccccc23)O[C@H]1c1ccc(Cl)c(Cl)c1. The number of halogens is 4. The van der Waals surface area contributed by atoms with E-state index in [2.05, 4.69) is 0 Å². The molecule has 1 heterocycles. The highest BCUT2D eigenvalue weighted by Crippen LogP contribution is 2.48. The van der Waals surface area contributed by atoms with Gasteiger partial charge in [0, 0.05) is 11.1 Å². The summed E-state index contributed by atoms with van der Waals surface area (Å²) in [6, 6.07) is 22.0. The average molecular weight is 503 g/mol. The van der Waals surface area contributed by atoms with Gasteiger partial charge in [0.1, 0.15) is 5.75 Å². The van der Waals surface area contributed by atoms with Gasteiger partial charge in [0.2, 0.25) is 12.6 Å². The van der Waals surface area contributed by atoms with Crippen LogP contribution < -0.4 is 4.74 Å². The van der Waals surface area contributed by atoms with Gasteiger partial charge in [0.05, 0.1) is 26.1 Å². The summed E-state index contributed by atoms with van der Waals surface area (Å²) in [5, 5.41) is 3.69. The fourth-order valence-electron chi connectivity index (χ4n) is 4.17. The van der Waals surface area contributed by atoms with E-state index >= 15 is 0 Å². The number of fused-ring (bicyclic) bond motifs is 3. The number of nitrogens with zero attached hydrogens (tertiary/aromatic N) is 1. The topological polar surface area (TPSA) is 29.5 Å². The number of ether oxygens (including phenoxy) is 1. The predicted molar refractivity (Wildman–Crippen MR) is 130 cm³/mol. The van der Waals surface area contributed by atoms with Crippen LogP contribution in [0.4, 0.5) is 0 Å². The molecule has 3 nitrogen and oxygen atoms in total. The van der Waals surface area contributed by atoms with Crippen molar-refractivity contribution < 1.29 is 9.53 Å². The van der Waals surface area contributed by atoms with Crippen molar-refractivity contribution in [2.75, 3.05) is 0 Å². The van der Waals surface area contributed by atoms with Crippen LogP contribution in [-0.4, -0.2) is 11.3 Å². The van der Waals surface area contributed by atoms with Gasteiger partial charge >= 0.3 is 0 Å². The molecule has 4 aromatic rings. The van der Waals surface area contributed by atoms with Crippen LogP contribution in [0, 0.1) is 0 Å². The fourth-order valence-corrected chi connectivity index (χ4v) is 4.78.